The maximum Gasteiger partial charge on any atom is 0.240 e. The van der Waals surface area contributed by atoms with E-state index in [1.165, 1.54) is 57.8 Å². The molecule has 59 heavy (non-hydrogen) atoms. The first-order valence-corrected chi connectivity index (χ1v) is 24.5. The second-order valence-electron chi connectivity index (χ2n) is 22.1. The molecule has 9 aliphatic rings. The van der Waals surface area contributed by atoms with Crippen molar-refractivity contribution in [3.05, 3.63) is 0 Å². The third-order valence-corrected chi connectivity index (χ3v) is 18.6. The predicted octanol–water partition coefficient (Wildman–Crippen LogP) is 5.81. The number of nitrogens with zero attached hydrogens (tertiary/aromatic N) is 2. The van der Waals surface area contributed by atoms with E-state index in [1.807, 2.05) is 12.2 Å². The van der Waals surface area contributed by atoms with Gasteiger partial charge in [-0.25, -0.2) is 0 Å². The van der Waals surface area contributed by atoms with Gasteiger partial charge in [-0.05, 0) is 144 Å². The van der Waals surface area contributed by atoms with E-state index in [-0.39, 0.29) is 48.3 Å². The van der Waals surface area contributed by atoms with Gasteiger partial charge in [0.15, 0.2) is 0 Å². The number of hydroxylamine groups is 2. The summed E-state index contributed by atoms with van der Waals surface area (Å²) in [5, 5.41) is 30.4. The van der Waals surface area contributed by atoms with Crippen molar-refractivity contribution in [1.82, 2.24) is 20.6 Å². The number of aliphatic hydroxyl groups excluding tert-OH is 2. The summed E-state index contributed by atoms with van der Waals surface area (Å²) in [6.07, 6.45) is 17.2. The van der Waals surface area contributed by atoms with Crippen molar-refractivity contribution in [2.75, 3.05) is 40.9 Å². The van der Waals surface area contributed by atoms with Gasteiger partial charge in [-0.15, -0.1) is 0 Å². The van der Waals surface area contributed by atoms with Crippen molar-refractivity contribution in [2.45, 2.75) is 179 Å². The quantitative estimate of drug-likeness (QED) is 0.193. The third-order valence-electron chi connectivity index (χ3n) is 18.6. The molecule has 11 unspecified atom stereocenters. The highest BCUT2D eigenvalue weighted by atomic mass is 16.7. The van der Waals surface area contributed by atoms with Crippen LogP contribution in [-0.2, 0) is 23.9 Å². The number of carbonyl (C=O) groups is 2. The summed E-state index contributed by atoms with van der Waals surface area (Å²) in [6, 6.07) is -0.282. The Kier molecular flexibility index (Phi) is 13.8. The minimum atomic E-state index is -0.825. The SMILES string of the molecule is COC1C(CN2O[C@@H](CO)[C@@H]([C@H](C)O)[C@H]2C(=O)N[C@H]2C[C@H]3C[C@@H](C2C)C3(C)C)CCCC1C1CC(C(=O)NCC2C3CCCCC3OC3CCCCC32)CC(N(C)C)C1. The number of aliphatic hydroxyl groups is 2. The van der Waals surface area contributed by atoms with Crippen molar-refractivity contribution < 1.29 is 34.1 Å². The molecule has 336 valence electrons. The van der Waals surface area contributed by atoms with Gasteiger partial charge in [0.2, 0.25) is 11.8 Å². The summed E-state index contributed by atoms with van der Waals surface area (Å²) in [5.41, 5.74) is 0.316. The molecule has 11 heteroatoms. The summed E-state index contributed by atoms with van der Waals surface area (Å²) < 4.78 is 13.2. The van der Waals surface area contributed by atoms with E-state index in [0.29, 0.717) is 71.6 Å². The normalized spacial score (nSPS) is 46.4. The molecule has 9 rings (SSSR count). The minimum absolute atomic E-state index is 0.0333. The van der Waals surface area contributed by atoms with E-state index in [2.05, 4.69) is 50.4 Å². The molecule has 0 aromatic carbocycles. The van der Waals surface area contributed by atoms with Gasteiger partial charge < -0.3 is 35.2 Å². The number of hydrogen-bond acceptors (Lipinski definition) is 9. The molecule has 11 nitrogen and oxygen atoms in total. The predicted molar refractivity (Wildman–Crippen MR) is 228 cm³/mol. The Bertz CT molecular complexity index is 1420. The Morgan fingerprint density at radius 3 is 2.19 bits per heavy atom. The van der Waals surface area contributed by atoms with Crippen LogP contribution in [0.2, 0.25) is 0 Å². The fourth-order valence-electron chi connectivity index (χ4n) is 15.2. The summed E-state index contributed by atoms with van der Waals surface area (Å²) >= 11 is 0. The fraction of sp³-hybridized carbons (Fsp3) is 0.958. The average molecular weight is 827 g/mol. The van der Waals surface area contributed by atoms with Gasteiger partial charge in [0.25, 0.3) is 0 Å². The molecule has 2 bridgehead atoms. The van der Waals surface area contributed by atoms with Crippen molar-refractivity contribution >= 4 is 11.8 Å². The lowest BCUT2D eigenvalue weighted by molar-refractivity contribution is -0.193. The Balaban J connectivity index is 0.948. The molecule has 2 heterocycles. The molecule has 9 fully saturated rings. The van der Waals surface area contributed by atoms with Crippen molar-refractivity contribution in [2.24, 2.45) is 70.5 Å². The molecule has 18 atom stereocenters. The van der Waals surface area contributed by atoms with Crippen LogP contribution < -0.4 is 10.6 Å². The lowest BCUT2D eigenvalue weighted by Crippen LogP contribution is -2.62. The van der Waals surface area contributed by atoms with Crippen LogP contribution in [0.4, 0.5) is 0 Å². The van der Waals surface area contributed by atoms with Crippen molar-refractivity contribution in [3.8, 4) is 0 Å². The van der Waals surface area contributed by atoms with Gasteiger partial charge in [0.05, 0.1) is 31.0 Å². The topological polar surface area (TPSA) is 133 Å². The van der Waals surface area contributed by atoms with Crippen molar-refractivity contribution in [3.63, 3.8) is 0 Å². The van der Waals surface area contributed by atoms with Crippen LogP contribution in [-0.4, -0.2) is 122 Å². The third kappa shape index (κ3) is 8.68. The number of fused-ring (bicyclic) bond motifs is 4. The van der Waals surface area contributed by atoms with Crippen LogP contribution in [0.15, 0.2) is 0 Å². The van der Waals surface area contributed by atoms with E-state index in [9.17, 15) is 19.8 Å². The molecule has 4 N–H and O–H groups in total. The summed E-state index contributed by atoms with van der Waals surface area (Å²) in [6.45, 7) is 9.77. The first kappa shape index (κ1) is 44.3. The first-order valence-electron chi connectivity index (χ1n) is 24.5. The molecular weight excluding hydrogens is 745 g/mol. The lowest BCUT2D eigenvalue weighted by Gasteiger charge is -2.62. The molecule has 0 aromatic rings. The molecule has 7 aliphatic carbocycles. The highest BCUT2D eigenvalue weighted by Gasteiger charge is 2.58. The van der Waals surface area contributed by atoms with Gasteiger partial charge in [-0.1, -0.05) is 52.9 Å². The van der Waals surface area contributed by atoms with Crippen LogP contribution in [0.3, 0.4) is 0 Å². The smallest absolute Gasteiger partial charge is 0.240 e. The Labute approximate surface area is 356 Å². The summed E-state index contributed by atoms with van der Waals surface area (Å²) in [7, 11) is 6.16. The molecule has 2 amide bonds. The molecular formula is C48H82N4O7. The summed E-state index contributed by atoms with van der Waals surface area (Å²) in [4.78, 5) is 37.6. The maximum atomic E-state index is 14.4. The van der Waals surface area contributed by atoms with Crippen LogP contribution in [0.5, 0.6) is 0 Å². The monoisotopic (exact) mass is 827 g/mol. The van der Waals surface area contributed by atoms with E-state index in [1.54, 1.807) is 6.92 Å². The Morgan fingerprint density at radius 2 is 1.58 bits per heavy atom. The Hall–Kier alpha value is -1.34. The molecule has 0 spiro atoms. The zero-order valence-corrected chi connectivity index (χ0v) is 37.7. The molecule has 2 aliphatic heterocycles. The van der Waals surface area contributed by atoms with Crippen molar-refractivity contribution in [1.29, 1.82) is 0 Å². The second kappa shape index (κ2) is 18.4. The van der Waals surface area contributed by atoms with E-state index >= 15 is 0 Å². The highest BCUT2D eigenvalue weighted by molar-refractivity contribution is 5.83. The van der Waals surface area contributed by atoms with Crippen LogP contribution >= 0.6 is 0 Å². The molecule has 0 aromatic heterocycles. The van der Waals surface area contributed by atoms with Gasteiger partial charge in [0, 0.05) is 50.0 Å². The average Bonchev–Trinajstić information content (AvgIpc) is 3.61. The first-order chi connectivity index (χ1) is 28.3. The zero-order valence-electron chi connectivity index (χ0n) is 37.7. The maximum absolute atomic E-state index is 14.4. The van der Waals surface area contributed by atoms with E-state index < -0.39 is 24.2 Å². The number of nitrogens with one attached hydrogen (secondary N) is 2. The second-order valence-corrected chi connectivity index (χ2v) is 22.1. The minimum Gasteiger partial charge on any atom is -0.394 e. The number of methoxy groups -OCH3 is 1. The van der Waals surface area contributed by atoms with Gasteiger partial charge in [-0.3, -0.25) is 14.4 Å². The largest absolute Gasteiger partial charge is 0.394 e. The Morgan fingerprint density at radius 1 is 0.898 bits per heavy atom. The van der Waals surface area contributed by atoms with Crippen LogP contribution in [0.1, 0.15) is 130 Å². The summed E-state index contributed by atoms with van der Waals surface area (Å²) in [5.74, 6) is 3.54. The van der Waals surface area contributed by atoms with Gasteiger partial charge >= 0.3 is 0 Å². The number of ether oxygens (including phenoxy) is 2. The standard InChI is InChI=1S/C48H82N4O7/c1-27-38-22-32(48(38,3)4)23-39(27)50-47(56)44-43(28(2)54)42(26-53)59-52(44)25-29-13-12-16-34(45(29)57-7)30-19-31(21-33(20-30)51(5)6)46(55)49-24-37-35-14-8-10-17-40(35)58-41-18-11-9-15-36(37)41/h27-45,53-54H,8-26H2,1-7H3,(H,49,55)(H,50,56)/t27?,28-,29?,30?,31?,32+,33?,34?,35?,36?,37?,38-,39-,40?,41?,42-,43+,44-,45?/m0/s1. The fourth-order valence-corrected chi connectivity index (χ4v) is 15.2. The van der Waals surface area contributed by atoms with Crippen LogP contribution in [0.25, 0.3) is 0 Å². The highest BCUT2D eigenvalue weighted by Crippen LogP contribution is 2.61. The number of carbonyl (C=O) groups excluding carboxylic acids is 2. The van der Waals surface area contributed by atoms with E-state index in [4.69, 9.17) is 14.3 Å². The number of amides is 2. The van der Waals surface area contributed by atoms with Gasteiger partial charge in [0.1, 0.15) is 12.1 Å². The number of hydrogen-bond donors (Lipinski definition) is 4. The van der Waals surface area contributed by atoms with Gasteiger partial charge in [-0.2, -0.15) is 5.06 Å². The molecule has 7 saturated carbocycles. The van der Waals surface area contributed by atoms with E-state index in [0.717, 1.165) is 51.5 Å². The van der Waals surface area contributed by atoms with Crippen LogP contribution in [0, 0.1) is 70.5 Å². The lowest BCUT2D eigenvalue weighted by atomic mass is 9.45. The molecule has 0 radical (unpaired) electrons. The zero-order chi connectivity index (χ0) is 41.7. The number of rotatable bonds is 12. The molecule has 2 saturated heterocycles.